The molecule has 2 aliphatic heterocycles. The highest BCUT2D eigenvalue weighted by Crippen LogP contribution is 2.35. The highest BCUT2D eigenvalue weighted by molar-refractivity contribution is 5.86. The molecular formula is C28H32O14. The number of aliphatic hydroxyl groups excluding tert-OH is 6. The van der Waals surface area contributed by atoms with Crippen molar-refractivity contribution < 1.29 is 63.8 Å². The Morgan fingerprint density at radius 2 is 1.55 bits per heavy atom. The summed E-state index contributed by atoms with van der Waals surface area (Å²) in [6.07, 6.45) is -15.2. The highest BCUT2D eigenvalue weighted by atomic mass is 16.8. The van der Waals surface area contributed by atoms with E-state index in [-0.39, 0.29) is 22.5 Å². The third kappa shape index (κ3) is 5.68. The summed E-state index contributed by atoms with van der Waals surface area (Å²) in [5, 5.41) is 72.1. The van der Waals surface area contributed by atoms with E-state index < -0.39 is 79.2 Å². The van der Waals surface area contributed by atoms with E-state index in [0.717, 1.165) is 6.07 Å². The zero-order valence-corrected chi connectivity index (χ0v) is 22.5. The van der Waals surface area contributed by atoms with Crippen molar-refractivity contribution in [3.63, 3.8) is 0 Å². The van der Waals surface area contributed by atoms with Crippen LogP contribution < -0.4 is 14.9 Å². The summed E-state index contributed by atoms with van der Waals surface area (Å²) in [6, 6.07) is 10.4. The first-order valence-corrected chi connectivity index (χ1v) is 13.1. The first-order chi connectivity index (χ1) is 20.0. The van der Waals surface area contributed by atoms with Gasteiger partial charge in [-0.3, -0.25) is 4.79 Å². The smallest absolute Gasteiger partial charge is 0.229 e. The summed E-state index contributed by atoms with van der Waals surface area (Å²) in [6.45, 7) is 0.721. The normalized spacial score (nSPS) is 33.4. The number of ether oxygens (including phenoxy) is 5. The fraction of sp³-hybridized carbons (Fsp3) is 0.464. The van der Waals surface area contributed by atoms with Crippen LogP contribution in [-0.4, -0.2) is 111 Å². The lowest BCUT2D eigenvalue weighted by Crippen LogP contribution is -2.64. The molecule has 0 aliphatic carbocycles. The molecule has 0 spiro atoms. The molecule has 2 saturated heterocycles. The van der Waals surface area contributed by atoms with E-state index in [1.165, 1.54) is 26.2 Å². The van der Waals surface area contributed by atoms with E-state index in [1.807, 2.05) is 0 Å². The lowest BCUT2D eigenvalue weighted by Gasteiger charge is -2.45. The SMILES string of the molecule is COc1ccc(-c2cc(=O)c3c(O)cc(OC4OC(CO)C(O)C(O)C4OC4OC(C)C(O)C(O)C4O)cc3o2)cc1. The zero-order valence-electron chi connectivity index (χ0n) is 22.5. The molecule has 3 aromatic rings. The van der Waals surface area contributed by atoms with Gasteiger partial charge in [-0.25, -0.2) is 0 Å². The van der Waals surface area contributed by atoms with Crippen LogP contribution in [0, 0.1) is 0 Å². The van der Waals surface area contributed by atoms with Crippen molar-refractivity contribution in [3.05, 3.63) is 52.7 Å². The summed E-state index contributed by atoms with van der Waals surface area (Å²) < 4.78 is 33.7. The maximum Gasteiger partial charge on any atom is 0.229 e. The third-order valence-corrected chi connectivity index (χ3v) is 7.33. The molecule has 5 rings (SSSR count). The summed E-state index contributed by atoms with van der Waals surface area (Å²) >= 11 is 0. The second-order valence-electron chi connectivity index (χ2n) is 10.1. The number of methoxy groups -OCH3 is 1. The van der Waals surface area contributed by atoms with Gasteiger partial charge in [0.2, 0.25) is 6.29 Å². The Morgan fingerprint density at radius 3 is 2.21 bits per heavy atom. The largest absolute Gasteiger partial charge is 0.507 e. The molecule has 0 bridgehead atoms. The second-order valence-corrected chi connectivity index (χ2v) is 10.1. The van der Waals surface area contributed by atoms with E-state index in [4.69, 9.17) is 28.1 Å². The minimum Gasteiger partial charge on any atom is -0.507 e. The molecule has 0 saturated carbocycles. The number of hydrogen-bond donors (Lipinski definition) is 7. The molecule has 10 unspecified atom stereocenters. The van der Waals surface area contributed by atoms with Crippen molar-refractivity contribution in [1.82, 2.24) is 0 Å². The van der Waals surface area contributed by atoms with E-state index >= 15 is 0 Å². The van der Waals surface area contributed by atoms with Gasteiger partial charge in [0, 0.05) is 23.8 Å². The van der Waals surface area contributed by atoms with Gasteiger partial charge in [0.05, 0.1) is 19.8 Å². The third-order valence-electron chi connectivity index (χ3n) is 7.33. The molecule has 7 N–H and O–H groups in total. The molecule has 0 amide bonds. The average molecular weight is 593 g/mol. The quantitative estimate of drug-likeness (QED) is 0.179. The zero-order chi connectivity index (χ0) is 30.3. The first kappa shape index (κ1) is 30.2. The summed E-state index contributed by atoms with van der Waals surface area (Å²) in [5.74, 6) is 0.197. The van der Waals surface area contributed by atoms with Crippen molar-refractivity contribution in [2.75, 3.05) is 13.7 Å². The van der Waals surface area contributed by atoms with Gasteiger partial charge in [-0.1, -0.05) is 0 Å². The van der Waals surface area contributed by atoms with Crippen molar-refractivity contribution in [2.24, 2.45) is 0 Å². The maximum absolute atomic E-state index is 12.9. The standard InChI is InChI=1S/C28H32O14/c1-11-21(32)23(34)25(36)27(38-11)42-26-24(35)22(33)19(10-29)41-28(26)39-14-7-15(30)20-16(31)9-17(40-18(20)8-14)12-3-5-13(37-2)6-4-12/h3-9,11,19,21-30,32-36H,10H2,1-2H3. The number of phenols is 1. The molecule has 10 atom stereocenters. The van der Waals surface area contributed by atoms with Gasteiger partial charge in [0.1, 0.15) is 70.6 Å². The molecule has 2 aliphatic rings. The van der Waals surface area contributed by atoms with Crippen LogP contribution in [0.5, 0.6) is 17.2 Å². The van der Waals surface area contributed by atoms with Crippen LogP contribution in [0.2, 0.25) is 0 Å². The van der Waals surface area contributed by atoms with Gasteiger partial charge < -0.3 is 63.8 Å². The van der Waals surface area contributed by atoms with E-state index in [2.05, 4.69) is 0 Å². The number of phenolic OH excluding ortho intramolecular Hbond substituents is 1. The molecule has 2 fully saturated rings. The van der Waals surface area contributed by atoms with Gasteiger partial charge in [-0.2, -0.15) is 0 Å². The van der Waals surface area contributed by atoms with E-state index in [1.54, 1.807) is 24.3 Å². The van der Waals surface area contributed by atoms with Crippen LogP contribution in [0.15, 0.2) is 51.7 Å². The topological polar surface area (TPSA) is 218 Å². The summed E-state index contributed by atoms with van der Waals surface area (Å²) in [5.41, 5.74) is -0.0218. The Morgan fingerprint density at radius 1 is 0.833 bits per heavy atom. The average Bonchev–Trinajstić information content (AvgIpc) is 2.97. The van der Waals surface area contributed by atoms with Crippen molar-refractivity contribution in [3.8, 4) is 28.6 Å². The number of aliphatic hydroxyl groups is 6. The Kier molecular flexibility index (Phi) is 8.71. The number of fused-ring (bicyclic) bond motifs is 1. The van der Waals surface area contributed by atoms with Crippen molar-refractivity contribution >= 4 is 11.0 Å². The van der Waals surface area contributed by atoms with Crippen molar-refractivity contribution in [2.45, 2.75) is 68.3 Å². The van der Waals surface area contributed by atoms with E-state index in [0.29, 0.717) is 11.3 Å². The fourth-order valence-corrected chi connectivity index (χ4v) is 4.92. The van der Waals surface area contributed by atoms with Crippen LogP contribution in [-0.2, 0) is 14.2 Å². The van der Waals surface area contributed by atoms with Crippen LogP contribution in [0.1, 0.15) is 6.92 Å². The van der Waals surface area contributed by atoms with Gasteiger partial charge in [0.25, 0.3) is 0 Å². The minimum absolute atomic E-state index is 0.0483. The van der Waals surface area contributed by atoms with Gasteiger partial charge in [-0.05, 0) is 31.2 Å². The van der Waals surface area contributed by atoms with Gasteiger partial charge in [0.15, 0.2) is 17.8 Å². The van der Waals surface area contributed by atoms with Crippen LogP contribution in [0.3, 0.4) is 0 Å². The van der Waals surface area contributed by atoms with Crippen LogP contribution >= 0.6 is 0 Å². The monoisotopic (exact) mass is 592 g/mol. The lowest BCUT2D eigenvalue weighted by molar-refractivity contribution is -0.354. The van der Waals surface area contributed by atoms with E-state index in [9.17, 15) is 40.5 Å². The van der Waals surface area contributed by atoms with Gasteiger partial charge in [-0.15, -0.1) is 0 Å². The Hall–Kier alpha value is -3.31. The first-order valence-electron chi connectivity index (χ1n) is 13.1. The summed E-state index contributed by atoms with van der Waals surface area (Å²) in [4.78, 5) is 12.9. The molecule has 0 radical (unpaired) electrons. The molecule has 3 heterocycles. The predicted octanol–water partition coefficient (Wildman–Crippen LogP) is -0.795. The number of benzene rings is 2. The number of aromatic hydroxyl groups is 1. The van der Waals surface area contributed by atoms with Gasteiger partial charge >= 0.3 is 0 Å². The fourth-order valence-electron chi connectivity index (χ4n) is 4.92. The predicted molar refractivity (Wildman–Crippen MR) is 142 cm³/mol. The molecule has 228 valence electrons. The molecular weight excluding hydrogens is 560 g/mol. The Bertz CT molecular complexity index is 1440. The maximum atomic E-state index is 12.9. The van der Waals surface area contributed by atoms with Crippen LogP contribution in [0.4, 0.5) is 0 Å². The number of rotatable bonds is 7. The molecule has 1 aromatic heterocycles. The minimum atomic E-state index is -1.75. The highest BCUT2D eigenvalue weighted by Gasteiger charge is 2.50. The second kappa shape index (κ2) is 12.1. The molecule has 14 nitrogen and oxygen atoms in total. The molecule has 14 heteroatoms. The Labute approximate surface area is 238 Å². The molecule has 2 aromatic carbocycles. The Balaban J connectivity index is 1.47. The lowest BCUT2D eigenvalue weighted by atomic mass is 9.97. The molecule has 42 heavy (non-hydrogen) atoms. The summed E-state index contributed by atoms with van der Waals surface area (Å²) in [7, 11) is 1.52. The van der Waals surface area contributed by atoms with Crippen molar-refractivity contribution in [1.29, 1.82) is 0 Å². The van der Waals surface area contributed by atoms with Crippen LogP contribution in [0.25, 0.3) is 22.3 Å². The number of hydrogen-bond acceptors (Lipinski definition) is 14.